The maximum Gasteiger partial charge on any atom is 0.271 e. The zero-order valence-corrected chi connectivity index (χ0v) is 12.7. The summed E-state index contributed by atoms with van der Waals surface area (Å²) in [5.74, 6) is 1.76. The summed E-state index contributed by atoms with van der Waals surface area (Å²) in [6.45, 7) is 2.42. The Bertz CT molecular complexity index is 873. The van der Waals surface area contributed by atoms with E-state index in [4.69, 9.17) is 9.47 Å². The fourth-order valence-electron chi connectivity index (χ4n) is 2.42. The number of aromatic amines is 1. The number of hydrogen-bond acceptors (Lipinski definition) is 5. The van der Waals surface area contributed by atoms with Crippen molar-refractivity contribution in [2.24, 2.45) is 0 Å². The number of methoxy groups -OCH3 is 1. The van der Waals surface area contributed by atoms with Crippen LogP contribution < -0.4 is 9.47 Å². The summed E-state index contributed by atoms with van der Waals surface area (Å²) >= 11 is 0. The number of nitrogens with zero attached hydrogens (tertiary/aromatic N) is 2. The molecule has 0 bridgehead atoms. The van der Waals surface area contributed by atoms with Gasteiger partial charge in [-0.05, 0) is 25.1 Å². The van der Waals surface area contributed by atoms with Gasteiger partial charge in [-0.15, -0.1) is 0 Å². The molecule has 1 aromatic heterocycles. The Morgan fingerprint density at radius 1 is 1.30 bits per heavy atom. The highest BCUT2D eigenvalue weighted by Crippen LogP contribution is 2.37. The van der Waals surface area contributed by atoms with E-state index in [1.807, 2.05) is 25.1 Å². The number of imidazole rings is 1. The van der Waals surface area contributed by atoms with E-state index in [2.05, 4.69) is 9.97 Å². The Kier molecular flexibility index (Phi) is 3.84. The number of nitrogens with one attached hydrogen (secondary N) is 1. The van der Waals surface area contributed by atoms with E-state index in [9.17, 15) is 10.1 Å². The number of aromatic nitrogens is 2. The average molecular weight is 313 g/mol. The number of para-hydroxylation sites is 1. The van der Waals surface area contributed by atoms with Crippen LogP contribution in [-0.4, -0.2) is 28.6 Å². The van der Waals surface area contributed by atoms with Gasteiger partial charge in [-0.2, -0.15) is 0 Å². The molecule has 3 aromatic rings. The van der Waals surface area contributed by atoms with Gasteiger partial charge >= 0.3 is 0 Å². The maximum atomic E-state index is 10.9. The molecule has 0 saturated carbocycles. The van der Waals surface area contributed by atoms with Crippen molar-refractivity contribution >= 4 is 16.7 Å². The lowest BCUT2D eigenvalue weighted by molar-refractivity contribution is -0.384. The number of ether oxygens (including phenoxy) is 2. The molecule has 118 valence electrons. The molecule has 1 heterocycles. The first-order valence-corrected chi connectivity index (χ1v) is 7.08. The lowest BCUT2D eigenvalue weighted by Gasteiger charge is -2.12. The minimum atomic E-state index is -0.434. The van der Waals surface area contributed by atoms with Gasteiger partial charge in [-0.3, -0.25) is 10.1 Å². The monoisotopic (exact) mass is 313 g/mol. The van der Waals surface area contributed by atoms with Gasteiger partial charge in [0.25, 0.3) is 5.69 Å². The van der Waals surface area contributed by atoms with Crippen molar-refractivity contribution in [2.45, 2.75) is 6.92 Å². The van der Waals surface area contributed by atoms with Crippen LogP contribution in [-0.2, 0) is 0 Å². The van der Waals surface area contributed by atoms with Crippen molar-refractivity contribution in [1.82, 2.24) is 9.97 Å². The number of benzene rings is 2. The highest BCUT2D eigenvalue weighted by atomic mass is 16.6. The van der Waals surface area contributed by atoms with E-state index < -0.39 is 4.92 Å². The fraction of sp³-hybridized carbons (Fsp3) is 0.188. The first-order valence-electron chi connectivity index (χ1n) is 7.08. The molecular weight excluding hydrogens is 298 g/mol. The fourth-order valence-corrected chi connectivity index (χ4v) is 2.42. The maximum absolute atomic E-state index is 10.9. The van der Waals surface area contributed by atoms with Gasteiger partial charge in [0.1, 0.15) is 5.82 Å². The van der Waals surface area contributed by atoms with E-state index in [0.717, 1.165) is 5.56 Å². The quantitative estimate of drug-likeness (QED) is 0.574. The van der Waals surface area contributed by atoms with E-state index in [1.165, 1.54) is 12.1 Å². The Balaban J connectivity index is 2.13. The van der Waals surface area contributed by atoms with Crippen LogP contribution in [0, 0.1) is 10.1 Å². The normalized spacial score (nSPS) is 10.7. The standard InChI is InChI=1S/C16H15N3O4/c1-3-23-14-6-4-5-11(15(14)22-2)16-17-12-8-7-10(19(20)21)9-13(12)18-16/h4-9H,3H2,1-2H3,(H,17,18). The minimum absolute atomic E-state index is 0.0164. The predicted octanol–water partition coefficient (Wildman–Crippen LogP) is 3.55. The molecule has 0 saturated heterocycles. The third kappa shape index (κ3) is 2.68. The van der Waals surface area contributed by atoms with Crippen LogP contribution in [0.4, 0.5) is 5.69 Å². The number of hydrogen-bond donors (Lipinski definition) is 1. The highest BCUT2D eigenvalue weighted by molar-refractivity contribution is 5.83. The molecule has 0 fully saturated rings. The molecular formula is C16H15N3O4. The third-order valence-corrected chi connectivity index (χ3v) is 3.41. The molecule has 3 rings (SSSR count). The number of rotatable bonds is 5. The summed E-state index contributed by atoms with van der Waals surface area (Å²) in [5.41, 5.74) is 1.99. The molecule has 0 aliphatic carbocycles. The topological polar surface area (TPSA) is 90.3 Å². The summed E-state index contributed by atoms with van der Waals surface area (Å²) < 4.78 is 11.0. The zero-order chi connectivity index (χ0) is 16.4. The van der Waals surface area contributed by atoms with Gasteiger partial charge in [0, 0.05) is 12.1 Å². The first kappa shape index (κ1) is 14.8. The molecule has 7 heteroatoms. The third-order valence-electron chi connectivity index (χ3n) is 3.41. The van der Waals surface area contributed by atoms with Crippen molar-refractivity contribution < 1.29 is 14.4 Å². The Morgan fingerprint density at radius 3 is 2.83 bits per heavy atom. The Hall–Kier alpha value is -3.09. The number of fused-ring (bicyclic) bond motifs is 1. The lowest BCUT2D eigenvalue weighted by atomic mass is 10.1. The number of H-pyrrole nitrogens is 1. The molecule has 0 atom stereocenters. The van der Waals surface area contributed by atoms with E-state index in [-0.39, 0.29) is 5.69 Å². The van der Waals surface area contributed by atoms with Crippen LogP contribution in [0.15, 0.2) is 36.4 Å². The van der Waals surface area contributed by atoms with Gasteiger partial charge in [0.2, 0.25) is 0 Å². The molecule has 0 unspecified atom stereocenters. The van der Waals surface area contributed by atoms with Gasteiger partial charge in [-0.1, -0.05) is 6.07 Å². The van der Waals surface area contributed by atoms with Gasteiger partial charge < -0.3 is 14.5 Å². The summed E-state index contributed by atoms with van der Waals surface area (Å²) in [5, 5.41) is 10.9. The van der Waals surface area contributed by atoms with Gasteiger partial charge in [0.15, 0.2) is 11.5 Å². The largest absolute Gasteiger partial charge is 0.492 e. The number of nitro groups is 1. The van der Waals surface area contributed by atoms with Gasteiger partial charge in [-0.25, -0.2) is 4.98 Å². The summed E-state index contributed by atoms with van der Waals surface area (Å²) in [4.78, 5) is 18.0. The molecule has 2 aromatic carbocycles. The van der Waals surface area contributed by atoms with Crippen LogP contribution in [0.2, 0.25) is 0 Å². The van der Waals surface area contributed by atoms with E-state index in [0.29, 0.717) is 35.0 Å². The Labute approximate surface area is 132 Å². The molecule has 0 aliphatic rings. The second kappa shape index (κ2) is 5.96. The van der Waals surface area contributed by atoms with Crippen molar-refractivity contribution in [3.63, 3.8) is 0 Å². The molecule has 0 spiro atoms. The lowest BCUT2D eigenvalue weighted by Crippen LogP contribution is -1.97. The summed E-state index contributed by atoms with van der Waals surface area (Å²) in [6, 6.07) is 10.0. The SMILES string of the molecule is CCOc1cccc(-c2nc3ccc([N+](=O)[O-])cc3[nH]2)c1OC. The summed E-state index contributed by atoms with van der Waals surface area (Å²) in [7, 11) is 1.56. The number of non-ortho nitro benzene ring substituents is 1. The summed E-state index contributed by atoms with van der Waals surface area (Å²) in [6.07, 6.45) is 0. The smallest absolute Gasteiger partial charge is 0.271 e. The molecule has 0 amide bonds. The van der Waals surface area contributed by atoms with Crippen molar-refractivity contribution in [2.75, 3.05) is 13.7 Å². The molecule has 1 N–H and O–H groups in total. The predicted molar refractivity (Wildman–Crippen MR) is 85.9 cm³/mol. The zero-order valence-electron chi connectivity index (χ0n) is 12.7. The molecule has 0 radical (unpaired) electrons. The molecule has 7 nitrogen and oxygen atoms in total. The average Bonchev–Trinajstić information content (AvgIpc) is 2.97. The highest BCUT2D eigenvalue weighted by Gasteiger charge is 2.16. The van der Waals surface area contributed by atoms with Crippen molar-refractivity contribution in [3.8, 4) is 22.9 Å². The van der Waals surface area contributed by atoms with Crippen LogP contribution >= 0.6 is 0 Å². The van der Waals surface area contributed by atoms with Crippen molar-refractivity contribution in [1.29, 1.82) is 0 Å². The van der Waals surface area contributed by atoms with Crippen LogP contribution in [0.25, 0.3) is 22.4 Å². The first-order chi connectivity index (χ1) is 11.1. The minimum Gasteiger partial charge on any atom is -0.492 e. The van der Waals surface area contributed by atoms with Crippen LogP contribution in [0.1, 0.15) is 6.92 Å². The van der Waals surface area contributed by atoms with Crippen molar-refractivity contribution in [3.05, 3.63) is 46.5 Å². The van der Waals surface area contributed by atoms with Crippen LogP contribution in [0.5, 0.6) is 11.5 Å². The second-order valence-electron chi connectivity index (χ2n) is 4.81. The van der Waals surface area contributed by atoms with Gasteiger partial charge in [0.05, 0.1) is 35.2 Å². The second-order valence-corrected chi connectivity index (χ2v) is 4.81. The van der Waals surface area contributed by atoms with E-state index in [1.54, 1.807) is 13.2 Å². The van der Waals surface area contributed by atoms with E-state index >= 15 is 0 Å². The molecule has 0 aliphatic heterocycles. The Morgan fingerprint density at radius 2 is 2.13 bits per heavy atom. The molecule has 23 heavy (non-hydrogen) atoms. The number of nitro benzene ring substituents is 1. The van der Waals surface area contributed by atoms with Crippen LogP contribution in [0.3, 0.4) is 0 Å².